The molecule has 0 saturated carbocycles. The molecule has 0 fully saturated rings. The van der Waals surface area contributed by atoms with Gasteiger partial charge < -0.3 is 0 Å². The van der Waals surface area contributed by atoms with E-state index in [1.54, 1.807) is 22.7 Å². The Bertz CT molecular complexity index is 972. The molecule has 4 aromatic rings. The summed E-state index contributed by atoms with van der Waals surface area (Å²) in [5.41, 5.74) is 4.33. The highest BCUT2D eigenvalue weighted by Gasteiger charge is 2.14. The van der Waals surface area contributed by atoms with E-state index in [-0.39, 0.29) is 0 Å². The molecule has 4 rings (SSSR count). The van der Waals surface area contributed by atoms with Crippen molar-refractivity contribution < 1.29 is 0 Å². The van der Waals surface area contributed by atoms with E-state index >= 15 is 0 Å². The van der Waals surface area contributed by atoms with Crippen LogP contribution >= 0.6 is 38.6 Å². The summed E-state index contributed by atoms with van der Waals surface area (Å²) in [5, 5.41) is 4.19. The van der Waals surface area contributed by atoms with Crippen molar-refractivity contribution >= 4 is 38.6 Å². The first kappa shape index (κ1) is 15.7. The Balaban J connectivity index is 1.70. The van der Waals surface area contributed by atoms with E-state index in [1.165, 1.54) is 0 Å². The predicted octanol–water partition coefficient (Wildman–Crippen LogP) is 6.67. The molecule has 2 aromatic carbocycles. The zero-order valence-corrected chi connectivity index (χ0v) is 16.1. The normalized spacial score (nSPS) is 10.9. The van der Waals surface area contributed by atoms with Gasteiger partial charge >= 0.3 is 0 Å². The van der Waals surface area contributed by atoms with Crippen LogP contribution in [0.15, 0.2) is 64.5 Å². The van der Waals surface area contributed by atoms with Gasteiger partial charge in [-0.3, -0.25) is 0 Å². The number of aryl methyl sites for hydroxylation is 1. The largest absolute Gasteiger partial charge is 0.241 e. The van der Waals surface area contributed by atoms with Gasteiger partial charge in [-0.05, 0) is 19.1 Å². The Morgan fingerprint density at radius 3 is 2.29 bits per heavy atom. The summed E-state index contributed by atoms with van der Waals surface area (Å²) < 4.78 is 1.08. The van der Waals surface area contributed by atoms with E-state index in [0.717, 1.165) is 41.9 Å². The second kappa shape index (κ2) is 6.59. The second-order valence-corrected chi connectivity index (χ2v) is 8.12. The van der Waals surface area contributed by atoms with Crippen molar-refractivity contribution in [3.05, 3.63) is 70.1 Å². The average Bonchev–Trinajstić information content (AvgIpc) is 3.23. The first-order valence-corrected chi connectivity index (χ1v) is 9.94. The molecule has 0 spiro atoms. The fourth-order valence-corrected chi connectivity index (χ4v) is 4.63. The van der Waals surface area contributed by atoms with Crippen molar-refractivity contribution in [1.82, 2.24) is 9.97 Å². The van der Waals surface area contributed by atoms with Crippen molar-refractivity contribution in [1.29, 1.82) is 0 Å². The van der Waals surface area contributed by atoms with Gasteiger partial charge in [0.2, 0.25) is 0 Å². The summed E-state index contributed by atoms with van der Waals surface area (Å²) in [6, 6.07) is 18.6. The van der Waals surface area contributed by atoms with Gasteiger partial charge in [-0.2, -0.15) is 0 Å². The Labute approximate surface area is 157 Å². The molecule has 0 saturated heterocycles. The number of thiazole rings is 2. The second-order valence-electron chi connectivity index (χ2n) is 5.34. The molecule has 24 heavy (non-hydrogen) atoms. The van der Waals surface area contributed by atoms with Gasteiger partial charge in [-0.1, -0.05) is 58.4 Å². The van der Waals surface area contributed by atoms with Crippen LogP contribution in [-0.2, 0) is 0 Å². The van der Waals surface area contributed by atoms with E-state index < -0.39 is 0 Å². The Morgan fingerprint density at radius 1 is 0.833 bits per heavy atom. The number of hydrogen-bond donors (Lipinski definition) is 0. The molecule has 0 aliphatic heterocycles. The van der Waals surface area contributed by atoms with Gasteiger partial charge in [0.1, 0.15) is 10.0 Å². The van der Waals surface area contributed by atoms with E-state index in [2.05, 4.69) is 52.5 Å². The number of nitrogens with zero attached hydrogens (tertiary/aromatic N) is 2. The summed E-state index contributed by atoms with van der Waals surface area (Å²) in [6.45, 7) is 2.05. The van der Waals surface area contributed by atoms with Crippen LogP contribution in [0, 0.1) is 6.92 Å². The fourth-order valence-electron chi connectivity index (χ4n) is 2.44. The maximum absolute atomic E-state index is 4.82. The topological polar surface area (TPSA) is 25.8 Å². The maximum atomic E-state index is 4.82. The molecule has 0 aliphatic rings. The third kappa shape index (κ3) is 3.07. The molecule has 0 unspecified atom stereocenters. The monoisotopic (exact) mass is 412 g/mol. The maximum Gasteiger partial charge on any atom is 0.124 e. The van der Waals surface area contributed by atoms with E-state index in [9.17, 15) is 0 Å². The first-order valence-electron chi connectivity index (χ1n) is 7.45. The predicted molar refractivity (Wildman–Crippen MR) is 107 cm³/mol. The molecule has 2 aromatic heterocycles. The first-order chi connectivity index (χ1) is 11.7. The van der Waals surface area contributed by atoms with Crippen molar-refractivity contribution in [3.8, 4) is 31.7 Å². The highest BCUT2D eigenvalue weighted by atomic mass is 79.9. The third-order valence-electron chi connectivity index (χ3n) is 3.65. The van der Waals surface area contributed by atoms with Crippen molar-refractivity contribution in [2.45, 2.75) is 6.92 Å². The molecule has 0 N–H and O–H groups in total. The fraction of sp³-hybridized carbons (Fsp3) is 0.0526. The average molecular weight is 413 g/mol. The summed E-state index contributed by atoms with van der Waals surface area (Å²) in [4.78, 5) is 10.7. The molecular weight excluding hydrogens is 400 g/mol. The minimum atomic E-state index is 1.01. The highest BCUT2D eigenvalue weighted by Crippen LogP contribution is 2.37. The van der Waals surface area contributed by atoms with Crippen LogP contribution in [0.25, 0.3) is 31.7 Å². The summed E-state index contributed by atoms with van der Waals surface area (Å²) in [6.07, 6.45) is 0. The lowest BCUT2D eigenvalue weighted by Gasteiger charge is -1.96. The quantitative estimate of drug-likeness (QED) is 0.375. The number of aromatic nitrogens is 2. The molecule has 0 aliphatic carbocycles. The van der Waals surface area contributed by atoms with Gasteiger partial charge in [-0.15, -0.1) is 22.7 Å². The van der Waals surface area contributed by atoms with Crippen LogP contribution in [0.2, 0.25) is 0 Å². The van der Waals surface area contributed by atoms with Crippen LogP contribution in [-0.4, -0.2) is 9.97 Å². The number of benzene rings is 2. The zero-order chi connectivity index (χ0) is 16.5. The van der Waals surface area contributed by atoms with Crippen molar-refractivity contribution in [2.75, 3.05) is 0 Å². The smallest absolute Gasteiger partial charge is 0.124 e. The Morgan fingerprint density at radius 2 is 1.54 bits per heavy atom. The van der Waals surface area contributed by atoms with E-state index in [1.807, 2.05) is 30.3 Å². The van der Waals surface area contributed by atoms with Gasteiger partial charge in [-0.25, -0.2) is 9.97 Å². The minimum absolute atomic E-state index is 1.01. The van der Waals surface area contributed by atoms with Crippen LogP contribution in [0.3, 0.4) is 0 Å². The SMILES string of the molecule is Cc1nc(-c2ccccc2)sc1-c1csc(-c2ccc(Br)cc2)n1. The van der Waals surface area contributed by atoms with Gasteiger partial charge in [0.05, 0.1) is 16.3 Å². The third-order valence-corrected chi connectivity index (χ3v) is 6.29. The molecule has 118 valence electrons. The highest BCUT2D eigenvalue weighted by molar-refractivity contribution is 9.10. The standard InChI is InChI=1S/C19H13BrN2S2/c1-12-17(24-19(21-12)13-5-3-2-4-6-13)16-11-23-18(22-16)14-7-9-15(20)10-8-14/h2-11H,1H3. The lowest BCUT2D eigenvalue weighted by Crippen LogP contribution is -1.80. The van der Waals surface area contributed by atoms with E-state index in [4.69, 9.17) is 9.97 Å². The Kier molecular flexibility index (Phi) is 4.31. The molecule has 5 heteroatoms. The summed E-state index contributed by atoms with van der Waals surface area (Å²) in [5.74, 6) is 0. The Hall–Kier alpha value is -1.82. The molecular formula is C19H13BrN2S2. The van der Waals surface area contributed by atoms with Gasteiger partial charge in [0.25, 0.3) is 0 Å². The van der Waals surface area contributed by atoms with Crippen LogP contribution in [0.1, 0.15) is 5.69 Å². The number of rotatable bonds is 3. The summed E-state index contributed by atoms with van der Waals surface area (Å²) in [7, 11) is 0. The van der Waals surface area contributed by atoms with Crippen LogP contribution < -0.4 is 0 Å². The number of halogens is 1. The van der Waals surface area contributed by atoms with Crippen LogP contribution in [0.5, 0.6) is 0 Å². The van der Waals surface area contributed by atoms with Crippen molar-refractivity contribution in [3.63, 3.8) is 0 Å². The zero-order valence-electron chi connectivity index (χ0n) is 12.9. The molecule has 2 heterocycles. The number of hydrogen-bond acceptors (Lipinski definition) is 4. The van der Waals surface area contributed by atoms with Crippen LogP contribution in [0.4, 0.5) is 0 Å². The summed E-state index contributed by atoms with van der Waals surface area (Å²) >= 11 is 6.84. The van der Waals surface area contributed by atoms with E-state index in [0.29, 0.717) is 0 Å². The minimum Gasteiger partial charge on any atom is -0.241 e. The van der Waals surface area contributed by atoms with Gasteiger partial charge in [0, 0.05) is 21.0 Å². The lowest BCUT2D eigenvalue weighted by atomic mass is 10.2. The molecule has 0 radical (unpaired) electrons. The molecule has 0 amide bonds. The van der Waals surface area contributed by atoms with Crippen molar-refractivity contribution in [2.24, 2.45) is 0 Å². The molecule has 0 bridgehead atoms. The lowest BCUT2D eigenvalue weighted by molar-refractivity contribution is 1.26. The van der Waals surface area contributed by atoms with Gasteiger partial charge in [0.15, 0.2) is 0 Å². The molecule has 2 nitrogen and oxygen atoms in total. The molecule has 0 atom stereocenters.